The van der Waals surface area contributed by atoms with Crippen molar-refractivity contribution < 1.29 is 9.59 Å². The SMILES string of the molecule is CN1C[C@@H](CNC(=O)c2cccnc2)N(Cc2cccnc2)[C@@H](c2ccccc2)C1=O. The van der Waals surface area contributed by atoms with Gasteiger partial charge in [0.2, 0.25) is 5.91 Å². The molecule has 3 heterocycles. The molecule has 1 aliphatic rings. The zero-order chi connectivity index (χ0) is 21.6. The Labute approximate surface area is 181 Å². The van der Waals surface area contributed by atoms with Gasteiger partial charge in [0.15, 0.2) is 0 Å². The van der Waals surface area contributed by atoms with Gasteiger partial charge in [0.1, 0.15) is 6.04 Å². The molecule has 1 N–H and O–H groups in total. The number of nitrogens with one attached hydrogen (secondary N) is 1. The molecule has 1 saturated heterocycles. The van der Waals surface area contributed by atoms with Gasteiger partial charge in [-0.25, -0.2) is 0 Å². The fourth-order valence-electron chi connectivity index (χ4n) is 3.96. The summed E-state index contributed by atoms with van der Waals surface area (Å²) in [7, 11) is 1.82. The largest absolute Gasteiger partial charge is 0.350 e. The van der Waals surface area contributed by atoms with Crippen LogP contribution >= 0.6 is 0 Å². The summed E-state index contributed by atoms with van der Waals surface area (Å²) in [4.78, 5) is 37.9. The fourth-order valence-corrected chi connectivity index (χ4v) is 3.96. The van der Waals surface area contributed by atoms with Gasteiger partial charge >= 0.3 is 0 Å². The minimum Gasteiger partial charge on any atom is -0.350 e. The highest BCUT2D eigenvalue weighted by Crippen LogP contribution is 2.31. The van der Waals surface area contributed by atoms with Crippen molar-refractivity contribution in [2.75, 3.05) is 20.1 Å². The van der Waals surface area contributed by atoms with Gasteiger partial charge in [0.25, 0.3) is 5.91 Å². The van der Waals surface area contributed by atoms with Crippen molar-refractivity contribution in [2.24, 2.45) is 0 Å². The van der Waals surface area contributed by atoms with E-state index in [4.69, 9.17) is 0 Å². The van der Waals surface area contributed by atoms with E-state index >= 15 is 0 Å². The van der Waals surface area contributed by atoms with Crippen molar-refractivity contribution in [1.82, 2.24) is 25.1 Å². The first-order chi connectivity index (χ1) is 15.1. The summed E-state index contributed by atoms with van der Waals surface area (Å²) < 4.78 is 0. The van der Waals surface area contributed by atoms with E-state index in [0.717, 1.165) is 11.1 Å². The Bertz CT molecular complexity index is 1010. The van der Waals surface area contributed by atoms with Gasteiger partial charge in [0.05, 0.1) is 5.56 Å². The third kappa shape index (κ3) is 4.78. The van der Waals surface area contributed by atoms with E-state index in [1.807, 2.05) is 55.7 Å². The molecule has 0 unspecified atom stereocenters. The van der Waals surface area contributed by atoms with Gasteiger partial charge in [-0.15, -0.1) is 0 Å². The lowest BCUT2D eigenvalue weighted by molar-refractivity contribution is -0.144. The second-order valence-electron chi connectivity index (χ2n) is 7.67. The molecule has 1 fully saturated rings. The van der Waals surface area contributed by atoms with Gasteiger partial charge < -0.3 is 10.2 Å². The van der Waals surface area contributed by atoms with Crippen molar-refractivity contribution in [3.8, 4) is 0 Å². The number of likely N-dealkylation sites (N-methyl/N-ethyl adjacent to an activating group) is 1. The number of benzene rings is 1. The molecule has 0 radical (unpaired) electrons. The number of aromatic nitrogens is 2. The molecule has 158 valence electrons. The average molecular weight is 415 g/mol. The maximum absolute atomic E-state index is 13.2. The summed E-state index contributed by atoms with van der Waals surface area (Å²) in [6.07, 6.45) is 6.74. The summed E-state index contributed by atoms with van der Waals surface area (Å²) >= 11 is 0. The summed E-state index contributed by atoms with van der Waals surface area (Å²) in [5, 5.41) is 3.02. The standard InChI is InChI=1S/C24H25N5O2/c1-28-17-21(15-27-23(30)20-10-6-12-26-14-20)29(16-18-7-5-11-25-13-18)22(24(28)31)19-8-3-2-4-9-19/h2-14,21-22H,15-17H2,1H3,(H,27,30)/t21-,22+/m1/s1. The predicted molar refractivity (Wildman–Crippen MR) is 117 cm³/mol. The second-order valence-corrected chi connectivity index (χ2v) is 7.67. The number of carbonyl (C=O) groups excluding carboxylic acids is 2. The molecule has 4 rings (SSSR count). The van der Waals surface area contributed by atoms with Crippen LogP contribution in [-0.4, -0.2) is 57.8 Å². The molecule has 2 atom stereocenters. The Balaban J connectivity index is 1.61. The second kappa shape index (κ2) is 9.49. The molecule has 0 spiro atoms. The molecule has 2 aromatic heterocycles. The molecule has 0 aliphatic carbocycles. The van der Waals surface area contributed by atoms with E-state index in [2.05, 4.69) is 20.2 Å². The van der Waals surface area contributed by atoms with E-state index < -0.39 is 6.04 Å². The smallest absolute Gasteiger partial charge is 0.252 e. The number of hydrogen-bond donors (Lipinski definition) is 1. The van der Waals surface area contributed by atoms with Crippen LogP contribution < -0.4 is 5.32 Å². The van der Waals surface area contributed by atoms with Crippen LogP contribution in [0.25, 0.3) is 0 Å². The first kappa shape index (κ1) is 20.7. The van der Waals surface area contributed by atoms with Gasteiger partial charge in [-0.2, -0.15) is 0 Å². The highest BCUT2D eigenvalue weighted by Gasteiger charge is 2.40. The Kier molecular flexibility index (Phi) is 6.33. The Hall–Kier alpha value is -3.58. The van der Waals surface area contributed by atoms with Crippen LogP contribution in [0.5, 0.6) is 0 Å². The molecule has 31 heavy (non-hydrogen) atoms. The Morgan fingerprint density at radius 2 is 1.77 bits per heavy atom. The number of piperazine rings is 1. The zero-order valence-electron chi connectivity index (χ0n) is 17.4. The minimum absolute atomic E-state index is 0.0462. The first-order valence-corrected chi connectivity index (χ1v) is 10.3. The number of amides is 2. The van der Waals surface area contributed by atoms with Gasteiger partial charge in [0, 0.05) is 57.5 Å². The number of pyridine rings is 2. The van der Waals surface area contributed by atoms with Crippen LogP contribution in [0, 0.1) is 0 Å². The lowest BCUT2D eigenvalue weighted by atomic mass is 9.97. The zero-order valence-corrected chi connectivity index (χ0v) is 17.4. The van der Waals surface area contributed by atoms with Crippen molar-refractivity contribution >= 4 is 11.8 Å². The monoisotopic (exact) mass is 415 g/mol. The van der Waals surface area contributed by atoms with Crippen molar-refractivity contribution in [3.63, 3.8) is 0 Å². The Morgan fingerprint density at radius 3 is 2.45 bits per heavy atom. The minimum atomic E-state index is -0.430. The third-order valence-corrected chi connectivity index (χ3v) is 5.52. The quantitative estimate of drug-likeness (QED) is 0.668. The molecule has 7 nitrogen and oxygen atoms in total. The summed E-state index contributed by atoms with van der Waals surface area (Å²) in [6, 6.07) is 16.7. The van der Waals surface area contributed by atoms with E-state index in [0.29, 0.717) is 25.2 Å². The van der Waals surface area contributed by atoms with Crippen LogP contribution in [-0.2, 0) is 11.3 Å². The number of carbonyl (C=O) groups is 2. The molecule has 3 aromatic rings. The van der Waals surface area contributed by atoms with Crippen LogP contribution in [0.4, 0.5) is 0 Å². The maximum Gasteiger partial charge on any atom is 0.252 e. The summed E-state index contributed by atoms with van der Waals surface area (Å²) in [6.45, 7) is 1.49. The topological polar surface area (TPSA) is 78.4 Å². The Morgan fingerprint density at radius 1 is 1.03 bits per heavy atom. The van der Waals surface area contributed by atoms with Crippen LogP contribution in [0.1, 0.15) is 27.5 Å². The maximum atomic E-state index is 13.2. The van der Waals surface area contributed by atoms with Crippen LogP contribution in [0.3, 0.4) is 0 Å². The van der Waals surface area contributed by atoms with Gasteiger partial charge in [-0.05, 0) is 29.3 Å². The van der Waals surface area contributed by atoms with Crippen LogP contribution in [0.15, 0.2) is 79.4 Å². The first-order valence-electron chi connectivity index (χ1n) is 10.3. The molecular formula is C24H25N5O2. The van der Waals surface area contributed by atoms with Crippen molar-refractivity contribution in [1.29, 1.82) is 0 Å². The fraction of sp³-hybridized carbons (Fsp3) is 0.250. The number of hydrogen-bond acceptors (Lipinski definition) is 5. The molecule has 0 bridgehead atoms. The van der Waals surface area contributed by atoms with Crippen molar-refractivity contribution in [3.05, 3.63) is 96.1 Å². The third-order valence-electron chi connectivity index (χ3n) is 5.52. The van der Waals surface area contributed by atoms with Crippen LogP contribution in [0.2, 0.25) is 0 Å². The van der Waals surface area contributed by atoms with Gasteiger partial charge in [-0.1, -0.05) is 36.4 Å². The predicted octanol–water partition coefficient (Wildman–Crippen LogP) is 2.29. The molecule has 1 aliphatic heterocycles. The number of rotatable bonds is 6. The highest BCUT2D eigenvalue weighted by atomic mass is 16.2. The van der Waals surface area contributed by atoms with E-state index in [1.165, 1.54) is 0 Å². The average Bonchev–Trinajstić information content (AvgIpc) is 2.82. The van der Waals surface area contributed by atoms with E-state index in [-0.39, 0.29) is 17.9 Å². The molecule has 2 amide bonds. The molecule has 1 aromatic carbocycles. The number of nitrogens with zero attached hydrogens (tertiary/aromatic N) is 4. The van der Waals surface area contributed by atoms with Gasteiger partial charge in [-0.3, -0.25) is 24.5 Å². The summed E-state index contributed by atoms with van der Waals surface area (Å²) in [5.41, 5.74) is 2.47. The summed E-state index contributed by atoms with van der Waals surface area (Å²) in [5.74, 6) is -0.129. The van der Waals surface area contributed by atoms with E-state index in [9.17, 15) is 9.59 Å². The van der Waals surface area contributed by atoms with Crippen molar-refractivity contribution in [2.45, 2.75) is 18.6 Å². The van der Waals surface area contributed by atoms with E-state index in [1.54, 1.807) is 35.6 Å². The molecule has 7 heteroatoms. The lowest BCUT2D eigenvalue weighted by Crippen LogP contribution is -2.59. The normalized spacial score (nSPS) is 19.3. The highest BCUT2D eigenvalue weighted by molar-refractivity contribution is 5.93. The molecule has 0 saturated carbocycles. The lowest BCUT2D eigenvalue weighted by Gasteiger charge is -2.45. The molecular weight excluding hydrogens is 390 g/mol.